The molecule has 2 amide bonds. The fourth-order valence-electron chi connectivity index (χ4n) is 3.62. The van der Waals surface area contributed by atoms with Gasteiger partial charge in [-0.05, 0) is 55.1 Å². The van der Waals surface area contributed by atoms with Crippen molar-refractivity contribution in [1.29, 1.82) is 0 Å². The highest BCUT2D eigenvalue weighted by Gasteiger charge is 2.32. The second kappa shape index (κ2) is 8.37. The van der Waals surface area contributed by atoms with Crippen molar-refractivity contribution in [3.8, 4) is 11.5 Å². The lowest BCUT2D eigenvalue weighted by Crippen LogP contribution is -2.41. The molecule has 0 saturated heterocycles. The first-order chi connectivity index (χ1) is 14.6. The number of rotatable bonds is 7. The molecule has 0 radical (unpaired) electrons. The van der Waals surface area contributed by atoms with Crippen molar-refractivity contribution in [2.75, 3.05) is 13.2 Å². The molecule has 0 atom stereocenters. The fraction of sp³-hybridized carbons (Fsp3) is 0.208. The van der Waals surface area contributed by atoms with Gasteiger partial charge in [0.2, 0.25) is 0 Å². The van der Waals surface area contributed by atoms with Gasteiger partial charge in [0.25, 0.3) is 11.8 Å². The highest BCUT2D eigenvalue weighted by Crippen LogP contribution is 2.30. The highest BCUT2D eigenvalue weighted by atomic mass is 16.5. The first-order valence-corrected chi connectivity index (χ1v) is 9.90. The van der Waals surface area contributed by atoms with Crippen LogP contribution in [-0.4, -0.2) is 35.8 Å². The van der Waals surface area contributed by atoms with Crippen molar-refractivity contribution >= 4 is 28.6 Å². The molecule has 0 spiro atoms. The van der Waals surface area contributed by atoms with Gasteiger partial charge in [-0.2, -0.15) is 0 Å². The number of amides is 2. The maximum absolute atomic E-state index is 12.8. The molecule has 0 aliphatic carbocycles. The lowest BCUT2D eigenvalue weighted by Gasteiger charge is -2.27. The van der Waals surface area contributed by atoms with E-state index in [0.717, 1.165) is 5.39 Å². The van der Waals surface area contributed by atoms with Gasteiger partial charge in [0.05, 0.1) is 6.61 Å². The van der Waals surface area contributed by atoms with E-state index in [1.54, 1.807) is 36.4 Å². The molecule has 6 heteroatoms. The van der Waals surface area contributed by atoms with Gasteiger partial charge in [0.15, 0.2) is 0 Å². The minimum Gasteiger partial charge on any atom is -0.494 e. The van der Waals surface area contributed by atoms with E-state index < -0.39 is 5.97 Å². The van der Waals surface area contributed by atoms with Crippen LogP contribution in [0.1, 0.15) is 40.5 Å². The Morgan fingerprint density at radius 1 is 0.867 bits per heavy atom. The van der Waals surface area contributed by atoms with Crippen LogP contribution < -0.4 is 9.47 Å². The van der Waals surface area contributed by atoms with Crippen molar-refractivity contribution < 1.29 is 23.9 Å². The zero-order valence-corrected chi connectivity index (χ0v) is 16.6. The van der Waals surface area contributed by atoms with Gasteiger partial charge < -0.3 is 9.47 Å². The Bertz CT molecular complexity index is 1070. The minimum absolute atomic E-state index is 0.0934. The largest absolute Gasteiger partial charge is 0.494 e. The second-order valence-electron chi connectivity index (χ2n) is 6.95. The van der Waals surface area contributed by atoms with Crippen LogP contribution in [0.5, 0.6) is 11.5 Å². The zero-order valence-electron chi connectivity index (χ0n) is 16.6. The number of imide groups is 1. The predicted octanol–water partition coefficient (Wildman–Crippen LogP) is 4.22. The number of carbonyl (C=O) groups is 3. The first-order valence-electron chi connectivity index (χ1n) is 9.90. The quantitative estimate of drug-likeness (QED) is 0.336. The van der Waals surface area contributed by atoms with Crippen LogP contribution in [0.4, 0.5) is 0 Å². The van der Waals surface area contributed by atoms with Gasteiger partial charge in [0.1, 0.15) is 11.5 Å². The van der Waals surface area contributed by atoms with Gasteiger partial charge >= 0.3 is 5.97 Å². The average Bonchev–Trinajstić information content (AvgIpc) is 2.76. The van der Waals surface area contributed by atoms with Crippen molar-refractivity contribution in [1.82, 2.24) is 4.90 Å². The molecule has 3 aromatic rings. The Morgan fingerprint density at radius 3 is 2.07 bits per heavy atom. The normalized spacial score (nSPS) is 12.9. The number of nitrogens with zero attached hydrogens (tertiary/aromatic N) is 1. The summed E-state index contributed by atoms with van der Waals surface area (Å²) in [5, 5.41) is 1.56. The summed E-state index contributed by atoms with van der Waals surface area (Å²) in [4.78, 5) is 39.0. The lowest BCUT2D eigenvalue weighted by atomic mass is 9.94. The molecule has 1 aliphatic rings. The molecule has 4 rings (SSSR count). The molecule has 0 bridgehead atoms. The van der Waals surface area contributed by atoms with Gasteiger partial charge in [-0.25, -0.2) is 0 Å². The zero-order chi connectivity index (χ0) is 21.1. The molecule has 152 valence electrons. The molecule has 30 heavy (non-hydrogen) atoms. The maximum Gasteiger partial charge on any atom is 0.311 e. The standard InChI is InChI=1S/C24H21NO5/c1-2-29-17-11-13-18(14-12-17)30-21(26)10-5-15-25-23(27)19-8-3-6-16-7-4-9-20(22(16)19)24(25)28/h3-4,6-9,11-14H,2,5,10,15H2,1H3. The van der Waals surface area contributed by atoms with Gasteiger partial charge in [0, 0.05) is 29.5 Å². The molecular formula is C24H21NO5. The number of benzene rings is 3. The van der Waals surface area contributed by atoms with Crippen LogP contribution in [0.15, 0.2) is 60.7 Å². The molecule has 0 saturated carbocycles. The SMILES string of the molecule is CCOc1ccc(OC(=O)CCCN2C(=O)c3cccc4cccc(c34)C2=O)cc1. The molecule has 0 fully saturated rings. The Hall–Kier alpha value is -3.67. The van der Waals surface area contributed by atoms with E-state index in [1.807, 2.05) is 31.2 Å². The van der Waals surface area contributed by atoms with E-state index in [4.69, 9.17) is 9.47 Å². The summed E-state index contributed by atoms with van der Waals surface area (Å²) in [7, 11) is 0. The second-order valence-corrected chi connectivity index (χ2v) is 6.95. The summed E-state index contributed by atoms with van der Waals surface area (Å²) >= 11 is 0. The van der Waals surface area contributed by atoms with E-state index in [-0.39, 0.29) is 24.8 Å². The van der Waals surface area contributed by atoms with Crippen LogP contribution in [0.2, 0.25) is 0 Å². The Labute approximate surface area is 174 Å². The van der Waals surface area contributed by atoms with Crippen molar-refractivity contribution in [2.45, 2.75) is 19.8 Å². The van der Waals surface area contributed by atoms with Gasteiger partial charge in [-0.15, -0.1) is 0 Å². The summed E-state index contributed by atoms with van der Waals surface area (Å²) < 4.78 is 10.7. The average molecular weight is 403 g/mol. The molecule has 0 N–H and O–H groups in total. The van der Waals surface area contributed by atoms with Crippen molar-refractivity contribution in [2.24, 2.45) is 0 Å². The third kappa shape index (κ3) is 3.76. The van der Waals surface area contributed by atoms with Crippen molar-refractivity contribution in [3.05, 3.63) is 71.8 Å². The van der Waals surface area contributed by atoms with E-state index in [1.165, 1.54) is 4.90 Å². The molecule has 0 aromatic heterocycles. The topological polar surface area (TPSA) is 72.9 Å². The number of hydrogen-bond acceptors (Lipinski definition) is 5. The molecule has 6 nitrogen and oxygen atoms in total. The van der Waals surface area contributed by atoms with E-state index in [0.29, 0.717) is 41.0 Å². The molecule has 1 aliphatic heterocycles. The number of ether oxygens (including phenoxy) is 2. The summed E-state index contributed by atoms with van der Waals surface area (Å²) in [5.41, 5.74) is 1.03. The summed E-state index contributed by atoms with van der Waals surface area (Å²) in [6.07, 6.45) is 0.418. The van der Waals surface area contributed by atoms with Crippen LogP contribution >= 0.6 is 0 Å². The monoisotopic (exact) mass is 403 g/mol. The number of carbonyl (C=O) groups excluding carboxylic acids is 3. The summed E-state index contributed by atoms with van der Waals surface area (Å²) in [6, 6.07) is 17.6. The van der Waals surface area contributed by atoms with E-state index in [9.17, 15) is 14.4 Å². The third-order valence-electron chi connectivity index (χ3n) is 4.98. The van der Waals surface area contributed by atoms with Crippen LogP contribution in [0.25, 0.3) is 10.8 Å². The number of hydrogen-bond donors (Lipinski definition) is 0. The van der Waals surface area contributed by atoms with E-state index >= 15 is 0 Å². The predicted molar refractivity (Wildman–Crippen MR) is 112 cm³/mol. The first kappa shape index (κ1) is 19.6. The lowest BCUT2D eigenvalue weighted by molar-refractivity contribution is -0.134. The third-order valence-corrected chi connectivity index (χ3v) is 4.98. The van der Waals surface area contributed by atoms with Crippen LogP contribution in [-0.2, 0) is 4.79 Å². The van der Waals surface area contributed by atoms with E-state index in [2.05, 4.69) is 0 Å². The maximum atomic E-state index is 12.8. The Balaban J connectivity index is 1.38. The molecule has 3 aromatic carbocycles. The Kier molecular flexibility index (Phi) is 5.48. The van der Waals surface area contributed by atoms with Gasteiger partial charge in [-0.3, -0.25) is 19.3 Å². The van der Waals surface area contributed by atoms with Gasteiger partial charge in [-0.1, -0.05) is 24.3 Å². The Morgan fingerprint density at radius 2 is 1.47 bits per heavy atom. The minimum atomic E-state index is -0.418. The summed E-state index contributed by atoms with van der Waals surface area (Å²) in [5.74, 6) is 0.0517. The smallest absolute Gasteiger partial charge is 0.311 e. The fourth-order valence-corrected chi connectivity index (χ4v) is 3.62. The van der Waals surface area contributed by atoms with Crippen LogP contribution in [0.3, 0.4) is 0 Å². The molecule has 1 heterocycles. The van der Waals surface area contributed by atoms with Crippen molar-refractivity contribution in [3.63, 3.8) is 0 Å². The molecule has 0 unspecified atom stereocenters. The summed E-state index contributed by atoms with van der Waals surface area (Å²) in [6.45, 7) is 2.61. The molecular weight excluding hydrogens is 382 g/mol. The van der Waals surface area contributed by atoms with Crippen LogP contribution in [0, 0.1) is 0 Å². The highest BCUT2D eigenvalue weighted by molar-refractivity contribution is 6.25. The number of esters is 1.